The van der Waals surface area contributed by atoms with Gasteiger partial charge in [0, 0.05) is 20.1 Å². The van der Waals surface area contributed by atoms with E-state index < -0.39 is 5.54 Å². The van der Waals surface area contributed by atoms with E-state index in [0.717, 1.165) is 37.7 Å². The molecule has 1 unspecified atom stereocenters. The topological polar surface area (TPSA) is 56.6 Å². The minimum Gasteiger partial charge on any atom is -0.371 e. The fourth-order valence-corrected chi connectivity index (χ4v) is 3.92. The summed E-state index contributed by atoms with van der Waals surface area (Å²) in [5.41, 5.74) is 0.260. The molecule has 2 aliphatic rings. The third kappa shape index (κ3) is 4.05. The van der Waals surface area contributed by atoms with Crippen molar-refractivity contribution in [3.8, 4) is 6.07 Å². The summed E-state index contributed by atoms with van der Waals surface area (Å²) in [7, 11) is 1.76. The first-order chi connectivity index (χ1) is 12.5. The average molecular weight is 359 g/mol. The van der Waals surface area contributed by atoms with Crippen molar-refractivity contribution in [2.24, 2.45) is 0 Å². The van der Waals surface area contributed by atoms with Gasteiger partial charge in [0.15, 0.2) is 0 Å². The van der Waals surface area contributed by atoms with Crippen molar-refractivity contribution in [2.75, 3.05) is 33.3 Å². The highest BCUT2D eigenvalue weighted by Gasteiger charge is 2.39. The summed E-state index contributed by atoms with van der Waals surface area (Å²) in [4.78, 5) is 16.5. The molecule has 6 heteroatoms. The predicted molar refractivity (Wildman–Crippen MR) is 95.7 cm³/mol. The van der Waals surface area contributed by atoms with Crippen molar-refractivity contribution in [1.82, 2.24) is 9.80 Å². The summed E-state index contributed by atoms with van der Waals surface area (Å²) >= 11 is 0. The highest BCUT2D eigenvalue weighted by Crippen LogP contribution is 2.32. The monoisotopic (exact) mass is 359 g/mol. The number of amides is 1. The van der Waals surface area contributed by atoms with Crippen LogP contribution in [0.1, 0.15) is 43.8 Å². The molecular weight excluding hydrogens is 333 g/mol. The van der Waals surface area contributed by atoms with Crippen molar-refractivity contribution in [3.63, 3.8) is 0 Å². The number of nitriles is 1. The number of rotatable bonds is 4. The van der Waals surface area contributed by atoms with Gasteiger partial charge in [-0.2, -0.15) is 5.26 Å². The van der Waals surface area contributed by atoms with Gasteiger partial charge in [-0.15, -0.1) is 0 Å². The van der Waals surface area contributed by atoms with E-state index in [4.69, 9.17) is 4.74 Å². The summed E-state index contributed by atoms with van der Waals surface area (Å²) < 4.78 is 18.9. The molecule has 1 saturated heterocycles. The van der Waals surface area contributed by atoms with Gasteiger partial charge in [0.05, 0.1) is 25.3 Å². The summed E-state index contributed by atoms with van der Waals surface area (Å²) in [5.74, 6) is -0.291. The van der Waals surface area contributed by atoms with E-state index in [1.54, 1.807) is 24.1 Å². The van der Waals surface area contributed by atoms with E-state index >= 15 is 0 Å². The number of ether oxygens (including phenoxy) is 1. The lowest BCUT2D eigenvalue weighted by Crippen LogP contribution is -2.53. The third-order valence-corrected chi connectivity index (χ3v) is 5.66. The predicted octanol–water partition coefficient (Wildman–Crippen LogP) is 2.88. The highest BCUT2D eigenvalue weighted by molar-refractivity contribution is 5.79. The van der Waals surface area contributed by atoms with E-state index in [1.807, 2.05) is 0 Å². The van der Waals surface area contributed by atoms with Crippen molar-refractivity contribution < 1.29 is 13.9 Å². The average Bonchev–Trinajstić information content (AvgIpc) is 2.68. The van der Waals surface area contributed by atoms with Crippen LogP contribution in [-0.2, 0) is 9.53 Å². The molecule has 0 spiro atoms. The van der Waals surface area contributed by atoms with Gasteiger partial charge in [0.25, 0.3) is 0 Å². The van der Waals surface area contributed by atoms with Crippen molar-refractivity contribution in [2.45, 2.75) is 43.7 Å². The zero-order chi connectivity index (χ0) is 18.6. The zero-order valence-electron chi connectivity index (χ0n) is 15.3. The van der Waals surface area contributed by atoms with Gasteiger partial charge in [-0.1, -0.05) is 31.4 Å². The Balaban J connectivity index is 1.61. The second-order valence-electron chi connectivity index (χ2n) is 7.30. The van der Waals surface area contributed by atoms with Crippen LogP contribution in [0, 0.1) is 17.1 Å². The molecule has 0 radical (unpaired) electrons. The summed E-state index contributed by atoms with van der Waals surface area (Å²) in [6, 6.07) is 8.71. The van der Waals surface area contributed by atoms with Gasteiger partial charge >= 0.3 is 0 Å². The molecule has 1 aromatic carbocycles. The summed E-state index contributed by atoms with van der Waals surface area (Å²) in [6.07, 6.45) is 4.47. The van der Waals surface area contributed by atoms with Crippen molar-refractivity contribution in [3.05, 3.63) is 35.6 Å². The molecule has 2 fully saturated rings. The minimum atomic E-state index is -0.655. The lowest BCUT2D eigenvalue weighted by molar-refractivity contribution is -0.138. The molecule has 1 aromatic rings. The Morgan fingerprint density at radius 2 is 2.04 bits per heavy atom. The van der Waals surface area contributed by atoms with Crippen molar-refractivity contribution >= 4 is 5.91 Å². The number of carbonyl (C=O) groups excluding carboxylic acids is 1. The first kappa shape index (κ1) is 18.8. The van der Waals surface area contributed by atoms with Crippen LogP contribution in [0.4, 0.5) is 4.39 Å². The van der Waals surface area contributed by atoms with Gasteiger partial charge in [0.2, 0.25) is 5.91 Å². The number of benzene rings is 1. The largest absolute Gasteiger partial charge is 0.371 e. The molecule has 1 amide bonds. The number of halogens is 1. The summed E-state index contributed by atoms with van der Waals surface area (Å²) in [5, 5.41) is 9.67. The lowest BCUT2D eigenvalue weighted by Gasteiger charge is -2.40. The molecule has 3 rings (SSSR count). The fraction of sp³-hybridized carbons (Fsp3) is 0.600. The first-order valence-electron chi connectivity index (χ1n) is 9.31. The van der Waals surface area contributed by atoms with Crippen molar-refractivity contribution in [1.29, 1.82) is 5.26 Å². The zero-order valence-corrected chi connectivity index (χ0v) is 15.3. The van der Waals surface area contributed by atoms with Crippen LogP contribution in [-0.4, -0.2) is 54.5 Å². The second-order valence-corrected chi connectivity index (χ2v) is 7.30. The van der Waals surface area contributed by atoms with Gasteiger partial charge in [0.1, 0.15) is 11.4 Å². The number of likely N-dealkylation sites (N-methyl/N-ethyl adjacent to an activating group) is 1. The maximum absolute atomic E-state index is 13.1. The standard InChI is InChI=1S/C20H26FN3O2/c1-23(20(15-22)9-3-2-4-10-20)19(25)14-24-11-12-26-18(13-24)16-5-7-17(21)8-6-16/h5-8,18H,2-4,9-14H2,1H3. The molecule has 1 saturated carbocycles. The Bertz CT molecular complexity index is 665. The van der Waals surface area contributed by atoms with Crippen LogP contribution < -0.4 is 0 Å². The molecule has 1 heterocycles. The van der Waals surface area contributed by atoms with Gasteiger partial charge in [-0.05, 0) is 30.5 Å². The Hall–Kier alpha value is -1.97. The fourth-order valence-electron chi connectivity index (χ4n) is 3.92. The SMILES string of the molecule is CN(C(=O)CN1CCOC(c2ccc(F)cc2)C1)C1(C#N)CCCCC1. The molecular formula is C20H26FN3O2. The molecule has 140 valence electrons. The molecule has 0 N–H and O–H groups in total. The Morgan fingerprint density at radius 3 is 2.69 bits per heavy atom. The van der Waals surface area contributed by atoms with Crippen LogP contribution in [0.5, 0.6) is 0 Å². The minimum absolute atomic E-state index is 0.0202. The number of nitrogens with zero attached hydrogens (tertiary/aromatic N) is 3. The van der Waals surface area contributed by atoms with Crippen LogP contribution in [0.15, 0.2) is 24.3 Å². The molecule has 0 aromatic heterocycles. The van der Waals surface area contributed by atoms with Crippen LogP contribution in [0.3, 0.4) is 0 Å². The van der Waals surface area contributed by atoms with Crippen LogP contribution in [0.25, 0.3) is 0 Å². The third-order valence-electron chi connectivity index (χ3n) is 5.66. The van der Waals surface area contributed by atoms with E-state index in [2.05, 4.69) is 11.0 Å². The van der Waals surface area contributed by atoms with Gasteiger partial charge in [-0.3, -0.25) is 9.69 Å². The maximum Gasteiger partial charge on any atom is 0.237 e. The maximum atomic E-state index is 13.1. The Labute approximate surface area is 154 Å². The van der Waals surface area contributed by atoms with E-state index in [0.29, 0.717) is 19.7 Å². The quantitative estimate of drug-likeness (QED) is 0.829. The van der Waals surface area contributed by atoms with Crippen LogP contribution >= 0.6 is 0 Å². The lowest BCUT2D eigenvalue weighted by atomic mass is 9.81. The second kappa shape index (κ2) is 8.15. The van der Waals surface area contributed by atoms with E-state index in [-0.39, 0.29) is 24.4 Å². The van der Waals surface area contributed by atoms with E-state index in [1.165, 1.54) is 12.1 Å². The van der Waals surface area contributed by atoms with Crippen LogP contribution in [0.2, 0.25) is 0 Å². The molecule has 26 heavy (non-hydrogen) atoms. The molecule has 1 aliphatic heterocycles. The first-order valence-corrected chi connectivity index (χ1v) is 9.31. The molecule has 1 aliphatic carbocycles. The molecule has 0 bridgehead atoms. The summed E-state index contributed by atoms with van der Waals surface area (Å²) in [6.45, 7) is 2.07. The Kier molecular flexibility index (Phi) is 5.90. The number of hydrogen-bond acceptors (Lipinski definition) is 4. The number of carbonyl (C=O) groups is 1. The normalized spacial score (nSPS) is 23.2. The molecule has 1 atom stereocenters. The highest BCUT2D eigenvalue weighted by atomic mass is 19.1. The van der Waals surface area contributed by atoms with Gasteiger partial charge in [-0.25, -0.2) is 4.39 Å². The Morgan fingerprint density at radius 1 is 1.35 bits per heavy atom. The molecule has 5 nitrogen and oxygen atoms in total. The van der Waals surface area contributed by atoms with E-state index in [9.17, 15) is 14.4 Å². The number of morpholine rings is 1. The smallest absolute Gasteiger partial charge is 0.237 e. The van der Waals surface area contributed by atoms with Gasteiger partial charge < -0.3 is 9.64 Å². The number of hydrogen-bond donors (Lipinski definition) is 0.